The molecule has 2 rings (SSSR count). The monoisotopic (exact) mass is 391 g/mol. The van der Waals surface area contributed by atoms with Crippen LogP contribution < -0.4 is 10.1 Å². The second-order valence-electron chi connectivity index (χ2n) is 6.31. The van der Waals surface area contributed by atoms with Gasteiger partial charge in [0.1, 0.15) is 5.75 Å². The van der Waals surface area contributed by atoms with Crippen molar-refractivity contribution in [2.45, 2.75) is 39.0 Å². The summed E-state index contributed by atoms with van der Waals surface area (Å²) in [6.07, 6.45) is 0.170. The average Bonchev–Trinajstić information content (AvgIpc) is 2.58. The van der Waals surface area contributed by atoms with Gasteiger partial charge in [-0.15, -0.1) is 0 Å². The summed E-state index contributed by atoms with van der Waals surface area (Å²) in [6.45, 7) is 6.63. The van der Waals surface area contributed by atoms with Gasteiger partial charge in [-0.05, 0) is 61.2 Å². The lowest BCUT2D eigenvalue weighted by atomic mass is 10.1. The first-order valence-electron chi connectivity index (χ1n) is 8.82. The van der Waals surface area contributed by atoms with E-state index in [9.17, 15) is 4.79 Å². The lowest BCUT2D eigenvalue weighted by Crippen LogP contribution is -2.39. The molecule has 2 aromatic carbocycles. The Bertz CT molecular complexity index is 715. The van der Waals surface area contributed by atoms with Crippen LogP contribution in [0.1, 0.15) is 30.0 Å². The fraction of sp³-hybridized carbons (Fsp3) is 0.381. The van der Waals surface area contributed by atoms with Crippen molar-refractivity contribution in [3.63, 3.8) is 0 Å². The van der Waals surface area contributed by atoms with Crippen LogP contribution in [0, 0.1) is 13.8 Å². The van der Waals surface area contributed by atoms with Gasteiger partial charge in [-0.1, -0.05) is 36.7 Å². The molecule has 0 fully saturated rings. The van der Waals surface area contributed by atoms with E-state index in [2.05, 4.69) is 17.4 Å². The van der Waals surface area contributed by atoms with E-state index in [1.165, 1.54) is 5.56 Å². The molecular weight excluding hydrogens is 366 g/mol. The van der Waals surface area contributed by atoms with Crippen LogP contribution in [0.3, 0.4) is 0 Å². The summed E-state index contributed by atoms with van der Waals surface area (Å²) in [6, 6.07) is 13.9. The Hall–Kier alpha value is -1.65. The lowest BCUT2D eigenvalue weighted by Gasteiger charge is -2.18. The molecule has 0 unspecified atom stereocenters. The highest BCUT2D eigenvalue weighted by molar-refractivity contribution is 7.98. The number of hydrogen-bond acceptors (Lipinski definition) is 3. The van der Waals surface area contributed by atoms with Crippen molar-refractivity contribution in [2.24, 2.45) is 0 Å². The van der Waals surface area contributed by atoms with Gasteiger partial charge in [0.25, 0.3) is 5.91 Å². The molecule has 0 aliphatic carbocycles. The molecule has 0 saturated heterocycles. The summed E-state index contributed by atoms with van der Waals surface area (Å²) >= 11 is 7.75. The van der Waals surface area contributed by atoms with E-state index in [0.717, 1.165) is 33.4 Å². The predicted octanol–water partition coefficient (Wildman–Crippen LogP) is 5.16. The van der Waals surface area contributed by atoms with Crippen LogP contribution in [0.4, 0.5) is 0 Å². The van der Waals surface area contributed by atoms with Gasteiger partial charge in [0.15, 0.2) is 6.10 Å². The highest BCUT2D eigenvalue weighted by atomic mass is 35.5. The molecule has 0 aromatic heterocycles. The van der Waals surface area contributed by atoms with E-state index in [1.54, 1.807) is 11.8 Å². The van der Waals surface area contributed by atoms with Crippen LogP contribution in [0.5, 0.6) is 5.75 Å². The number of carbonyl (C=O) groups excluding carboxylic acids is 1. The largest absolute Gasteiger partial charge is 0.481 e. The molecule has 0 radical (unpaired) electrons. The number of carbonyl (C=O) groups is 1. The molecule has 0 aliphatic rings. The van der Waals surface area contributed by atoms with Gasteiger partial charge in [-0.2, -0.15) is 11.8 Å². The second-order valence-corrected chi connectivity index (χ2v) is 7.85. The number of benzene rings is 2. The minimum atomic E-state index is -0.464. The van der Waals surface area contributed by atoms with Crippen molar-refractivity contribution in [3.8, 4) is 5.75 Å². The zero-order valence-corrected chi connectivity index (χ0v) is 17.1. The molecule has 26 heavy (non-hydrogen) atoms. The van der Waals surface area contributed by atoms with Crippen molar-refractivity contribution in [1.82, 2.24) is 5.32 Å². The van der Waals surface area contributed by atoms with E-state index in [-0.39, 0.29) is 5.91 Å². The first-order valence-corrected chi connectivity index (χ1v) is 10.4. The summed E-state index contributed by atoms with van der Waals surface area (Å²) < 4.78 is 5.89. The number of ether oxygens (including phenoxy) is 1. The minimum absolute atomic E-state index is 0.0602. The maximum Gasteiger partial charge on any atom is 0.261 e. The van der Waals surface area contributed by atoms with Gasteiger partial charge < -0.3 is 10.1 Å². The zero-order valence-electron chi connectivity index (χ0n) is 15.5. The van der Waals surface area contributed by atoms with E-state index in [1.807, 2.05) is 51.1 Å². The fourth-order valence-corrected chi connectivity index (χ4v) is 3.68. The average molecular weight is 392 g/mol. The molecular formula is C21H26ClNO2S. The van der Waals surface area contributed by atoms with Gasteiger partial charge in [-0.3, -0.25) is 4.79 Å². The number of halogens is 1. The van der Waals surface area contributed by atoms with Crippen molar-refractivity contribution in [2.75, 3.05) is 12.3 Å². The van der Waals surface area contributed by atoms with E-state index in [0.29, 0.717) is 13.0 Å². The standard InChI is InChI=1S/C21H26ClNO2S/c1-4-20(25-19-11-15(2)10-16(3)12-19)21(24)23-8-9-26-14-17-6-5-7-18(22)13-17/h5-7,10-13,20H,4,8-9,14H2,1-3H3,(H,23,24)/t20-/m0/s1. The number of thioether (sulfide) groups is 1. The Morgan fingerprint density at radius 1 is 1.19 bits per heavy atom. The molecule has 3 nitrogen and oxygen atoms in total. The van der Waals surface area contributed by atoms with E-state index < -0.39 is 6.10 Å². The summed E-state index contributed by atoms with van der Waals surface area (Å²) in [5.74, 6) is 2.42. The molecule has 1 atom stereocenters. The Labute approximate surface area is 165 Å². The summed E-state index contributed by atoms with van der Waals surface area (Å²) in [5.41, 5.74) is 3.46. The molecule has 2 aromatic rings. The first kappa shape index (κ1) is 20.7. The van der Waals surface area contributed by atoms with Crippen molar-refractivity contribution in [3.05, 3.63) is 64.2 Å². The van der Waals surface area contributed by atoms with E-state index >= 15 is 0 Å². The normalized spacial score (nSPS) is 11.8. The topological polar surface area (TPSA) is 38.3 Å². The third-order valence-corrected chi connectivity index (χ3v) is 5.11. The van der Waals surface area contributed by atoms with Crippen LogP contribution in [-0.2, 0) is 10.5 Å². The summed E-state index contributed by atoms with van der Waals surface area (Å²) in [5, 5.41) is 3.73. The first-order chi connectivity index (χ1) is 12.5. The van der Waals surface area contributed by atoms with Gasteiger partial charge >= 0.3 is 0 Å². The Kier molecular flexibility index (Phi) is 8.33. The second kappa shape index (κ2) is 10.5. The zero-order chi connectivity index (χ0) is 18.9. The van der Waals surface area contributed by atoms with Crippen LogP contribution in [-0.4, -0.2) is 24.3 Å². The number of aryl methyl sites for hydroxylation is 2. The van der Waals surface area contributed by atoms with Crippen LogP contribution in [0.15, 0.2) is 42.5 Å². The minimum Gasteiger partial charge on any atom is -0.481 e. The summed E-state index contributed by atoms with van der Waals surface area (Å²) in [4.78, 5) is 12.4. The maximum atomic E-state index is 12.4. The van der Waals surface area contributed by atoms with Crippen molar-refractivity contribution in [1.29, 1.82) is 0 Å². The maximum absolute atomic E-state index is 12.4. The predicted molar refractivity (Wildman–Crippen MR) is 111 cm³/mol. The van der Waals surface area contributed by atoms with Crippen LogP contribution >= 0.6 is 23.4 Å². The summed E-state index contributed by atoms with van der Waals surface area (Å²) in [7, 11) is 0. The molecule has 140 valence electrons. The Morgan fingerprint density at radius 3 is 2.58 bits per heavy atom. The Balaban J connectivity index is 1.74. The molecule has 0 spiro atoms. The fourth-order valence-electron chi connectivity index (χ4n) is 2.66. The quantitative estimate of drug-likeness (QED) is 0.599. The van der Waals surface area contributed by atoms with Crippen molar-refractivity contribution >= 4 is 29.3 Å². The molecule has 0 heterocycles. The highest BCUT2D eigenvalue weighted by Crippen LogP contribution is 2.19. The number of hydrogen-bond donors (Lipinski definition) is 1. The van der Waals surface area contributed by atoms with Gasteiger partial charge in [0.2, 0.25) is 0 Å². The van der Waals surface area contributed by atoms with Crippen LogP contribution in [0.25, 0.3) is 0 Å². The van der Waals surface area contributed by atoms with E-state index in [4.69, 9.17) is 16.3 Å². The molecule has 5 heteroatoms. The number of rotatable bonds is 9. The smallest absolute Gasteiger partial charge is 0.261 e. The lowest BCUT2D eigenvalue weighted by molar-refractivity contribution is -0.127. The van der Waals surface area contributed by atoms with Crippen molar-refractivity contribution < 1.29 is 9.53 Å². The molecule has 1 N–H and O–H groups in total. The molecule has 1 amide bonds. The van der Waals surface area contributed by atoms with Crippen LogP contribution in [0.2, 0.25) is 5.02 Å². The molecule has 0 aliphatic heterocycles. The third-order valence-electron chi connectivity index (χ3n) is 3.84. The molecule has 0 bridgehead atoms. The number of nitrogens with one attached hydrogen (secondary N) is 1. The highest BCUT2D eigenvalue weighted by Gasteiger charge is 2.18. The SMILES string of the molecule is CC[C@H](Oc1cc(C)cc(C)c1)C(=O)NCCSCc1cccc(Cl)c1. The van der Waals surface area contributed by atoms with Gasteiger partial charge in [-0.25, -0.2) is 0 Å². The molecule has 0 saturated carbocycles. The van der Waals surface area contributed by atoms with Gasteiger partial charge in [0.05, 0.1) is 0 Å². The number of amides is 1. The Morgan fingerprint density at radius 2 is 1.92 bits per heavy atom. The third kappa shape index (κ3) is 6.93. The van der Waals surface area contributed by atoms with Gasteiger partial charge in [0, 0.05) is 23.1 Å².